The molecule has 3 aromatic rings. The van der Waals surface area contributed by atoms with Crippen molar-refractivity contribution in [3.63, 3.8) is 0 Å². The molecule has 0 radical (unpaired) electrons. The Morgan fingerprint density at radius 3 is 2.76 bits per heavy atom. The molecule has 0 saturated carbocycles. The molecule has 5 nitrogen and oxygen atoms in total. The molecular weight excluding hydrogens is 334 g/mol. The van der Waals surface area contributed by atoms with Crippen LogP contribution in [-0.4, -0.2) is 31.0 Å². The molecular formula is C19H21N3O2S. The number of aromatic nitrogens is 1. The number of nitrogens with one attached hydrogen (secondary N) is 1. The lowest BCUT2D eigenvalue weighted by atomic mass is 10.2. The second kappa shape index (κ2) is 7.98. The first kappa shape index (κ1) is 17.2. The minimum Gasteiger partial charge on any atom is -0.440 e. The zero-order chi connectivity index (χ0) is 17.6. The summed E-state index contributed by atoms with van der Waals surface area (Å²) in [7, 11) is 2.01. The van der Waals surface area contributed by atoms with Crippen LogP contribution in [0.5, 0.6) is 0 Å². The van der Waals surface area contributed by atoms with Crippen molar-refractivity contribution in [1.29, 1.82) is 0 Å². The van der Waals surface area contributed by atoms with Gasteiger partial charge in [-0.05, 0) is 30.5 Å². The van der Waals surface area contributed by atoms with Gasteiger partial charge < -0.3 is 14.6 Å². The van der Waals surface area contributed by atoms with Crippen molar-refractivity contribution in [3.8, 4) is 10.8 Å². The van der Waals surface area contributed by atoms with Gasteiger partial charge in [0.2, 0.25) is 11.8 Å². The van der Waals surface area contributed by atoms with Gasteiger partial charge in [-0.2, -0.15) is 0 Å². The Kier molecular flexibility index (Phi) is 5.50. The Labute approximate surface area is 151 Å². The molecule has 1 N–H and O–H groups in total. The number of amides is 1. The Morgan fingerprint density at radius 1 is 1.24 bits per heavy atom. The molecule has 1 amide bonds. The number of oxazole rings is 1. The molecule has 3 rings (SSSR count). The smallest absolute Gasteiger partial charge is 0.236 e. The van der Waals surface area contributed by atoms with Gasteiger partial charge in [-0.25, -0.2) is 4.98 Å². The van der Waals surface area contributed by atoms with Crippen molar-refractivity contribution in [3.05, 3.63) is 59.3 Å². The van der Waals surface area contributed by atoms with Gasteiger partial charge in [-0.15, -0.1) is 11.3 Å². The van der Waals surface area contributed by atoms with Gasteiger partial charge in [0.1, 0.15) is 5.76 Å². The van der Waals surface area contributed by atoms with E-state index in [-0.39, 0.29) is 12.3 Å². The van der Waals surface area contributed by atoms with E-state index in [0.717, 1.165) is 17.1 Å². The molecule has 0 fully saturated rings. The highest BCUT2D eigenvalue weighted by atomic mass is 32.1. The predicted molar refractivity (Wildman–Crippen MR) is 101 cm³/mol. The van der Waals surface area contributed by atoms with Crippen molar-refractivity contribution in [2.24, 2.45) is 0 Å². The van der Waals surface area contributed by atoms with Crippen molar-refractivity contribution in [2.75, 3.05) is 25.0 Å². The number of hydrogen-bond donors (Lipinski definition) is 1. The summed E-state index contributed by atoms with van der Waals surface area (Å²) >= 11 is 1.57. The fraction of sp³-hybridized carbons (Fsp3) is 0.263. The number of para-hydroxylation sites is 1. The van der Waals surface area contributed by atoms with E-state index in [2.05, 4.69) is 15.2 Å². The van der Waals surface area contributed by atoms with Gasteiger partial charge in [-0.1, -0.05) is 24.3 Å². The lowest BCUT2D eigenvalue weighted by molar-refractivity contribution is -0.120. The first-order valence-corrected chi connectivity index (χ1v) is 9.04. The number of likely N-dealkylation sites (N-methyl/N-ethyl adjacent to an activating group) is 1. The highest BCUT2D eigenvalue weighted by Crippen LogP contribution is 2.26. The summed E-state index contributed by atoms with van der Waals surface area (Å²) in [5.41, 5.74) is 1.82. The molecule has 25 heavy (non-hydrogen) atoms. The summed E-state index contributed by atoms with van der Waals surface area (Å²) in [6.07, 6.45) is 0.232. The largest absolute Gasteiger partial charge is 0.440 e. The highest BCUT2D eigenvalue weighted by molar-refractivity contribution is 7.13. The van der Waals surface area contributed by atoms with Crippen LogP contribution >= 0.6 is 11.3 Å². The molecule has 0 aliphatic rings. The Balaban J connectivity index is 1.50. The second-order valence-electron chi connectivity index (χ2n) is 5.78. The third-order valence-corrected chi connectivity index (χ3v) is 4.78. The van der Waals surface area contributed by atoms with Crippen molar-refractivity contribution >= 4 is 22.9 Å². The number of anilines is 1. The maximum atomic E-state index is 12.2. The second-order valence-corrected chi connectivity index (χ2v) is 6.73. The first-order chi connectivity index (χ1) is 12.1. The predicted octanol–water partition coefficient (Wildman–Crippen LogP) is 3.51. The average molecular weight is 355 g/mol. The molecule has 2 aromatic heterocycles. The van der Waals surface area contributed by atoms with Crippen LogP contribution in [0.1, 0.15) is 11.5 Å². The SMILES string of the molecule is Cc1oc(-c2cccs2)nc1CC(=O)NCCN(C)c1ccccc1. The minimum atomic E-state index is -0.0457. The van der Waals surface area contributed by atoms with E-state index in [1.54, 1.807) is 11.3 Å². The molecule has 1 aromatic carbocycles. The van der Waals surface area contributed by atoms with Crippen LogP contribution in [0.3, 0.4) is 0 Å². The van der Waals surface area contributed by atoms with E-state index in [1.165, 1.54) is 0 Å². The summed E-state index contributed by atoms with van der Waals surface area (Å²) in [5.74, 6) is 1.23. The third kappa shape index (κ3) is 4.48. The summed E-state index contributed by atoms with van der Waals surface area (Å²) in [4.78, 5) is 19.7. The van der Waals surface area contributed by atoms with E-state index >= 15 is 0 Å². The fourth-order valence-corrected chi connectivity index (χ4v) is 3.14. The Morgan fingerprint density at radius 2 is 2.04 bits per heavy atom. The van der Waals surface area contributed by atoms with Gasteiger partial charge in [0.15, 0.2) is 0 Å². The Bertz CT molecular complexity index is 813. The zero-order valence-corrected chi connectivity index (χ0v) is 15.2. The number of benzene rings is 1. The summed E-state index contributed by atoms with van der Waals surface area (Å²) in [6.45, 7) is 3.17. The first-order valence-electron chi connectivity index (χ1n) is 8.16. The van der Waals surface area contributed by atoms with Crippen LogP contribution in [0.25, 0.3) is 10.8 Å². The summed E-state index contributed by atoms with van der Waals surface area (Å²) in [6, 6.07) is 14.0. The fourth-order valence-electron chi connectivity index (χ4n) is 2.49. The molecule has 130 valence electrons. The topological polar surface area (TPSA) is 58.4 Å². The van der Waals surface area contributed by atoms with Crippen LogP contribution < -0.4 is 10.2 Å². The van der Waals surface area contributed by atoms with E-state index in [0.29, 0.717) is 23.9 Å². The third-order valence-electron chi connectivity index (χ3n) is 3.92. The van der Waals surface area contributed by atoms with Crippen molar-refractivity contribution in [1.82, 2.24) is 10.3 Å². The van der Waals surface area contributed by atoms with E-state index < -0.39 is 0 Å². The molecule has 0 aliphatic carbocycles. The van der Waals surface area contributed by atoms with Crippen molar-refractivity contribution < 1.29 is 9.21 Å². The standard InChI is InChI=1S/C19H21N3O2S/c1-14-16(21-19(24-14)17-9-6-12-25-17)13-18(23)20-10-11-22(2)15-7-4-3-5-8-15/h3-9,12H,10-11,13H2,1-2H3,(H,20,23). The maximum Gasteiger partial charge on any atom is 0.236 e. The number of nitrogens with zero attached hydrogens (tertiary/aromatic N) is 2. The van der Waals surface area contributed by atoms with Crippen LogP contribution in [-0.2, 0) is 11.2 Å². The van der Waals surface area contributed by atoms with Gasteiger partial charge >= 0.3 is 0 Å². The van der Waals surface area contributed by atoms with Gasteiger partial charge in [0.05, 0.1) is 17.0 Å². The van der Waals surface area contributed by atoms with E-state index in [9.17, 15) is 4.79 Å². The number of aryl methyl sites for hydroxylation is 1. The monoisotopic (exact) mass is 355 g/mol. The number of carbonyl (C=O) groups excluding carboxylic acids is 1. The van der Waals surface area contributed by atoms with Crippen LogP contribution in [0.2, 0.25) is 0 Å². The number of thiophene rings is 1. The van der Waals surface area contributed by atoms with Crippen molar-refractivity contribution in [2.45, 2.75) is 13.3 Å². The molecule has 0 bridgehead atoms. The molecule has 6 heteroatoms. The summed E-state index contributed by atoms with van der Waals surface area (Å²) in [5, 5.41) is 4.92. The molecule has 0 aliphatic heterocycles. The molecule has 0 unspecified atom stereocenters. The number of carbonyl (C=O) groups is 1. The number of rotatable bonds is 7. The zero-order valence-electron chi connectivity index (χ0n) is 14.4. The van der Waals surface area contributed by atoms with Gasteiger partial charge in [-0.3, -0.25) is 4.79 Å². The van der Waals surface area contributed by atoms with Gasteiger partial charge in [0.25, 0.3) is 0 Å². The molecule has 0 spiro atoms. The average Bonchev–Trinajstić information content (AvgIpc) is 3.26. The lowest BCUT2D eigenvalue weighted by Gasteiger charge is -2.19. The highest BCUT2D eigenvalue weighted by Gasteiger charge is 2.15. The number of hydrogen-bond acceptors (Lipinski definition) is 5. The quantitative estimate of drug-likeness (QED) is 0.705. The molecule has 2 heterocycles. The Hall–Kier alpha value is -2.60. The lowest BCUT2D eigenvalue weighted by Crippen LogP contribution is -2.33. The van der Waals surface area contributed by atoms with Crippen LogP contribution in [0, 0.1) is 6.92 Å². The van der Waals surface area contributed by atoms with Crippen LogP contribution in [0.4, 0.5) is 5.69 Å². The minimum absolute atomic E-state index is 0.0457. The van der Waals surface area contributed by atoms with E-state index in [1.807, 2.05) is 61.8 Å². The maximum absolute atomic E-state index is 12.2. The van der Waals surface area contributed by atoms with Gasteiger partial charge in [0, 0.05) is 25.8 Å². The summed E-state index contributed by atoms with van der Waals surface area (Å²) < 4.78 is 5.67. The molecule has 0 atom stereocenters. The molecule has 0 saturated heterocycles. The normalized spacial score (nSPS) is 10.6. The van der Waals surface area contributed by atoms with E-state index in [4.69, 9.17) is 4.42 Å². The van der Waals surface area contributed by atoms with Crippen LogP contribution in [0.15, 0.2) is 52.3 Å².